The van der Waals surface area contributed by atoms with Gasteiger partial charge < -0.3 is 14.5 Å². The van der Waals surface area contributed by atoms with Crippen molar-refractivity contribution in [2.45, 2.75) is 59.1 Å². The summed E-state index contributed by atoms with van der Waals surface area (Å²) < 4.78 is 7.11. The standard InChI is InChI=1S/C18H30N4O3/c1-7-8-10-20(5)16(23)15-13-12-22(17(24)25-18(2,3)4)11-9-14(13)19-21(15)6/h7-12H2,1-6H3. The fraction of sp³-hybridized carbons (Fsp3) is 0.722. The second kappa shape index (κ2) is 7.45. The molecule has 0 aromatic carbocycles. The summed E-state index contributed by atoms with van der Waals surface area (Å²) in [5, 5.41) is 4.49. The Labute approximate surface area is 149 Å². The molecule has 1 aliphatic rings. The van der Waals surface area contributed by atoms with E-state index in [0.717, 1.165) is 24.1 Å². The van der Waals surface area contributed by atoms with Gasteiger partial charge in [-0.15, -0.1) is 0 Å². The van der Waals surface area contributed by atoms with Crippen LogP contribution in [0.4, 0.5) is 4.79 Å². The maximum absolute atomic E-state index is 12.8. The van der Waals surface area contributed by atoms with Crippen LogP contribution in [0, 0.1) is 0 Å². The molecule has 0 saturated heterocycles. The summed E-state index contributed by atoms with van der Waals surface area (Å²) in [5.41, 5.74) is 1.77. The first kappa shape index (κ1) is 19.3. The predicted octanol–water partition coefficient (Wildman–Crippen LogP) is 2.59. The summed E-state index contributed by atoms with van der Waals surface area (Å²) in [7, 11) is 3.60. The lowest BCUT2D eigenvalue weighted by atomic mass is 10.0. The van der Waals surface area contributed by atoms with Crippen LogP contribution in [0.5, 0.6) is 0 Å². The van der Waals surface area contributed by atoms with E-state index in [-0.39, 0.29) is 12.0 Å². The molecule has 25 heavy (non-hydrogen) atoms. The van der Waals surface area contributed by atoms with Crippen LogP contribution in [-0.4, -0.2) is 57.3 Å². The van der Waals surface area contributed by atoms with E-state index in [1.165, 1.54) is 0 Å². The van der Waals surface area contributed by atoms with Gasteiger partial charge in [0.1, 0.15) is 11.3 Å². The number of aromatic nitrogens is 2. The Morgan fingerprint density at radius 1 is 1.32 bits per heavy atom. The van der Waals surface area contributed by atoms with E-state index in [1.54, 1.807) is 21.5 Å². The lowest BCUT2D eigenvalue weighted by Crippen LogP contribution is -2.40. The number of rotatable bonds is 4. The maximum atomic E-state index is 12.8. The summed E-state index contributed by atoms with van der Waals surface area (Å²) in [6, 6.07) is 0. The number of nitrogens with zero attached hydrogens (tertiary/aromatic N) is 4. The first-order chi connectivity index (χ1) is 11.6. The van der Waals surface area contributed by atoms with Crippen molar-refractivity contribution < 1.29 is 14.3 Å². The average molecular weight is 350 g/mol. The number of aryl methyl sites for hydroxylation is 1. The molecule has 7 nitrogen and oxygen atoms in total. The minimum absolute atomic E-state index is 0.0456. The second-order valence-corrected chi connectivity index (χ2v) is 7.63. The lowest BCUT2D eigenvalue weighted by molar-refractivity contribution is 0.0222. The zero-order valence-corrected chi connectivity index (χ0v) is 16.3. The molecule has 0 radical (unpaired) electrons. The van der Waals surface area contributed by atoms with Gasteiger partial charge in [-0.05, 0) is 27.2 Å². The summed E-state index contributed by atoms with van der Waals surface area (Å²) >= 11 is 0. The van der Waals surface area contributed by atoms with E-state index in [4.69, 9.17) is 4.74 Å². The average Bonchev–Trinajstić information content (AvgIpc) is 2.84. The van der Waals surface area contributed by atoms with E-state index in [2.05, 4.69) is 12.0 Å². The highest BCUT2D eigenvalue weighted by molar-refractivity contribution is 5.94. The van der Waals surface area contributed by atoms with Crippen LogP contribution in [0.2, 0.25) is 0 Å². The third-order valence-corrected chi connectivity index (χ3v) is 4.24. The predicted molar refractivity (Wildman–Crippen MR) is 95.4 cm³/mol. The van der Waals surface area contributed by atoms with E-state index in [9.17, 15) is 9.59 Å². The highest BCUT2D eigenvalue weighted by atomic mass is 16.6. The first-order valence-corrected chi connectivity index (χ1v) is 8.92. The normalized spacial score (nSPS) is 14.2. The van der Waals surface area contributed by atoms with Gasteiger partial charge in [-0.1, -0.05) is 13.3 Å². The van der Waals surface area contributed by atoms with E-state index in [1.807, 2.05) is 27.8 Å². The maximum Gasteiger partial charge on any atom is 0.410 e. The Morgan fingerprint density at radius 2 is 2.00 bits per heavy atom. The summed E-state index contributed by atoms with van der Waals surface area (Å²) in [6.07, 6.45) is 2.29. The van der Waals surface area contributed by atoms with E-state index >= 15 is 0 Å². The Hall–Kier alpha value is -2.05. The Morgan fingerprint density at radius 3 is 2.60 bits per heavy atom. The molecule has 0 N–H and O–H groups in total. The highest BCUT2D eigenvalue weighted by Crippen LogP contribution is 2.24. The molecule has 0 bridgehead atoms. The first-order valence-electron chi connectivity index (χ1n) is 8.92. The van der Waals surface area contributed by atoms with Gasteiger partial charge >= 0.3 is 6.09 Å². The van der Waals surface area contributed by atoms with Crippen molar-refractivity contribution in [3.63, 3.8) is 0 Å². The molecular weight excluding hydrogens is 320 g/mol. The van der Waals surface area contributed by atoms with Crippen LogP contribution < -0.4 is 0 Å². The van der Waals surface area contributed by atoms with Crippen LogP contribution in [0.25, 0.3) is 0 Å². The number of unbranched alkanes of at least 4 members (excludes halogenated alkanes) is 1. The lowest BCUT2D eigenvalue weighted by Gasteiger charge is -2.30. The summed E-state index contributed by atoms with van der Waals surface area (Å²) in [5.74, 6) is -0.0456. The fourth-order valence-corrected chi connectivity index (χ4v) is 2.93. The van der Waals surface area contributed by atoms with Gasteiger partial charge in [-0.25, -0.2) is 4.79 Å². The molecule has 2 heterocycles. The van der Waals surface area contributed by atoms with Crippen LogP contribution in [0.15, 0.2) is 0 Å². The smallest absolute Gasteiger partial charge is 0.410 e. The monoisotopic (exact) mass is 350 g/mol. The minimum atomic E-state index is -0.536. The molecule has 140 valence electrons. The van der Waals surface area contributed by atoms with Crippen LogP contribution in [0.1, 0.15) is 62.3 Å². The Bertz CT molecular complexity index is 645. The number of carbonyl (C=O) groups excluding carboxylic acids is 2. The highest BCUT2D eigenvalue weighted by Gasteiger charge is 2.32. The number of ether oxygens (including phenoxy) is 1. The number of fused-ring (bicyclic) bond motifs is 1. The zero-order valence-electron chi connectivity index (χ0n) is 16.3. The third kappa shape index (κ3) is 4.52. The molecule has 1 aromatic rings. The molecule has 2 amide bonds. The van der Waals surface area contributed by atoms with Gasteiger partial charge in [0.2, 0.25) is 0 Å². The molecule has 1 aromatic heterocycles. The second-order valence-electron chi connectivity index (χ2n) is 7.63. The fourth-order valence-electron chi connectivity index (χ4n) is 2.93. The van der Waals surface area contributed by atoms with Gasteiger partial charge in [0.15, 0.2) is 0 Å². The number of hydrogen-bond acceptors (Lipinski definition) is 4. The summed E-state index contributed by atoms with van der Waals surface area (Å²) in [6.45, 7) is 9.28. The van der Waals surface area contributed by atoms with Crippen molar-refractivity contribution in [1.82, 2.24) is 19.6 Å². The molecule has 0 spiro atoms. The van der Waals surface area contributed by atoms with Crippen molar-refractivity contribution in [3.8, 4) is 0 Å². The SMILES string of the molecule is CCCCN(C)C(=O)c1c2c(nn1C)CCN(C(=O)OC(C)(C)C)C2. The molecule has 0 saturated carbocycles. The molecule has 0 unspecified atom stereocenters. The van der Waals surface area contributed by atoms with Crippen LogP contribution >= 0.6 is 0 Å². The topological polar surface area (TPSA) is 67.7 Å². The largest absolute Gasteiger partial charge is 0.444 e. The van der Waals surface area contributed by atoms with Gasteiger partial charge in [-0.2, -0.15) is 5.10 Å². The van der Waals surface area contributed by atoms with Crippen LogP contribution in [-0.2, 0) is 24.8 Å². The minimum Gasteiger partial charge on any atom is -0.444 e. The molecular formula is C18H30N4O3. The van der Waals surface area contributed by atoms with E-state index < -0.39 is 5.60 Å². The number of carbonyl (C=O) groups is 2. The van der Waals surface area contributed by atoms with Crippen molar-refractivity contribution in [2.75, 3.05) is 20.1 Å². The zero-order chi connectivity index (χ0) is 18.8. The summed E-state index contributed by atoms with van der Waals surface area (Å²) in [4.78, 5) is 28.6. The quantitative estimate of drug-likeness (QED) is 0.837. The van der Waals surface area contributed by atoms with Crippen molar-refractivity contribution >= 4 is 12.0 Å². The van der Waals surface area contributed by atoms with Gasteiger partial charge in [0.25, 0.3) is 5.91 Å². The Balaban J connectivity index is 2.20. The van der Waals surface area contributed by atoms with E-state index in [0.29, 0.717) is 31.7 Å². The third-order valence-electron chi connectivity index (χ3n) is 4.24. The molecule has 1 aliphatic heterocycles. The van der Waals surface area contributed by atoms with Gasteiger partial charge in [0, 0.05) is 39.2 Å². The number of hydrogen-bond donors (Lipinski definition) is 0. The molecule has 0 fully saturated rings. The Kier molecular flexibility index (Phi) is 5.75. The van der Waals surface area contributed by atoms with Crippen molar-refractivity contribution in [1.29, 1.82) is 0 Å². The molecule has 7 heteroatoms. The molecule has 0 aliphatic carbocycles. The van der Waals surface area contributed by atoms with Gasteiger partial charge in [0.05, 0.1) is 12.2 Å². The van der Waals surface area contributed by atoms with Crippen molar-refractivity contribution in [3.05, 3.63) is 17.0 Å². The van der Waals surface area contributed by atoms with Crippen LogP contribution in [0.3, 0.4) is 0 Å². The van der Waals surface area contributed by atoms with Gasteiger partial charge in [-0.3, -0.25) is 9.48 Å². The molecule has 0 atom stereocenters. The number of amides is 2. The van der Waals surface area contributed by atoms with Crippen molar-refractivity contribution in [2.24, 2.45) is 7.05 Å². The molecule has 2 rings (SSSR count).